The van der Waals surface area contributed by atoms with E-state index in [1.807, 2.05) is 23.7 Å². The summed E-state index contributed by atoms with van der Waals surface area (Å²) in [7, 11) is 3.79. The smallest absolute Gasteiger partial charge is 0.254 e. The van der Waals surface area contributed by atoms with Gasteiger partial charge in [0, 0.05) is 45.6 Å². The van der Waals surface area contributed by atoms with Crippen LogP contribution in [0.2, 0.25) is 0 Å². The Balaban J connectivity index is 1.50. The van der Waals surface area contributed by atoms with Gasteiger partial charge in [-0.1, -0.05) is 0 Å². The molecule has 4 heterocycles. The highest BCUT2D eigenvalue weighted by Crippen LogP contribution is 2.22. The number of hydrogen-bond donors (Lipinski definition) is 1. The van der Waals surface area contributed by atoms with Crippen LogP contribution in [0.15, 0.2) is 30.7 Å². The van der Waals surface area contributed by atoms with Crippen LogP contribution in [0.4, 0.5) is 5.95 Å². The number of nitrogens with one attached hydrogen (secondary N) is 1. The van der Waals surface area contributed by atoms with E-state index in [-0.39, 0.29) is 11.9 Å². The molecule has 1 aliphatic heterocycles. The zero-order valence-electron chi connectivity index (χ0n) is 14.4. The van der Waals surface area contributed by atoms with E-state index in [2.05, 4.69) is 20.3 Å². The number of aromatic nitrogens is 5. The lowest BCUT2D eigenvalue weighted by atomic mass is 10.1. The maximum absolute atomic E-state index is 12.4. The van der Waals surface area contributed by atoms with Gasteiger partial charge in [-0.3, -0.25) is 14.0 Å². The summed E-state index contributed by atoms with van der Waals surface area (Å²) in [6, 6.07) is 3.96. The summed E-state index contributed by atoms with van der Waals surface area (Å²) < 4.78 is 3.65. The third kappa shape index (κ3) is 2.95. The van der Waals surface area contributed by atoms with E-state index >= 15 is 0 Å². The van der Waals surface area contributed by atoms with E-state index in [4.69, 9.17) is 4.98 Å². The van der Waals surface area contributed by atoms with Crippen LogP contribution < -0.4 is 10.2 Å². The van der Waals surface area contributed by atoms with E-state index in [0.29, 0.717) is 5.56 Å². The maximum Gasteiger partial charge on any atom is 0.254 e. The van der Waals surface area contributed by atoms with Gasteiger partial charge >= 0.3 is 0 Å². The molecule has 8 heteroatoms. The number of rotatable bonds is 3. The van der Waals surface area contributed by atoms with Gasteiger partial charge < -0.3 is 10.2 Å². The maximum atomic E-state index is 12.4. The molecular formula is C17H21N7O. The van der Waals surface area contributed by atoms with Crippen LogP contribution in [0.1, 0.15) is 23.2 Å². The van der Waals surface area contributed by atoms with Crippen LogP contribution in [0.5, 0.6) is 0 Å². The number of hydrogen-bond acceptors (Lipinski definition) is 5. The Kier molecular flexibility index (Phi) is 3.87. The van der Waals surface area contributed by atoms with E-state index in [9.17, 15) is 4.79 Å². The minimum absolute atomic E-state index is 0.0772. The molecular weight excluding hydrogens is 318 g/mol. The zero-order chi connectivity index (χ0) is 17.4. The van der Waals surface area contributed by atoms with E-state index in [1.54, 1.807) is 30.3 Å². The van der Waals surface area contributed by atoms with Crippen molar-refractivity contribution < 1.29 is 4.79 Å². The summed E-state index contributed by atoms with van der Waals surface area (Å²) in [5, 5.41) is 7.17. The van der Waals surface area contributed by atoms with Gasteiger partial charge in [0.25, 0.3) is 5.91 Å². The summed E-state index contributed by atoms with van der Waals surface area (Å²) >= 11 is 0. The minimum atomic E-state index is -0.0772. The molecule has 0 aromatic carbocycles. The fraction of sp³-hybridized carbons (Fsp3) is 0.412. The van der Waals surface area contributed by atoms with Crippen LogP contribution in [0.3, 0.4) is 0 Å². The largest absolute Gasteiger partial charge is 0.347 e. The molecule has 1 unspecified atom stereocenters. The zero-order valence-corrected chi connectivity index (χ0v) is 14.4. The molecule has 1 atom stereocenters. The minimum Gasteiger partial charge on any atom is -0.347 e. The number of pyridine rings is 1. The Morgan fingerprint density at radius 1 is 1.36 bits per heavy atom. The van der Waals surface area contributed by atoms with Gasteiger partial charge in [0.2, 0.25) is 5.95 Å². The molecule has 0 aliphatic carbocycles. The molecule has 1 amide bonds. The number of nitrogens with zero attached hydrogens (tertiary/aromatic N) is 6. The van der Waals surface area contributed by atoms with Gasteiger partial charge in [-0.25, -0.2) is 9.97 Å². The number of imidazole rings is 1. The normalized spacial score (nSPS) is 17.8. The van der Waals surface area contributed by atoms with E-state index < -0.39 is 0 Å². The van der Waals surface area contributed by atoms with Crippen molar-refractivity contribution in [3.63, 3.8) is 0 Å². The van der Waals surface area contributed by atoms with Crippen molar-refractivity contribution >= 4 is 23.0 Å². The summed E-state index contributed by atoms with van der Waals surface area (Å²) in [5.74, 6) is 0.820. The van der Waals surface area contributed by atoms with Crippen molar-refractivity contribution in [2.45, 2.75) is 18.9 Å². The van der Waals surface area contributed by atoms with E-state index in [1.165, 1.54) is 0 Å². The first-order chi connectivity index (χ1) is 12.1. The topological polar surface area (TPSA) is 80.9 Å². The predicted molar refractivity (Wildman–Crippen MR) is 94.4 cm³/mol. The molecule has 1 aliphatic rings. The first-order valence-corrected chi connectivity index (χ1v) is 8.44. The first-order valence-electron chi connectivity index (χ1n) is 8.44. The van der Waals surface area contributed by atoms with Crippen molar-refractivity contribution in [3.8, 4) is 0 Å². The second kappa shape index (κ2) is 6.19. The third-order valence-corrected chi connectivity index (χ3v) is 4.61. The Hall–Kier alpha value is -2.90. The average Bonchev–Trinajstić information content (AvgIpc) is 3.19. The monoisotopic (exact) mass is 339 g/mol. The highest BCUT2D eigenvalue weighted by Gasteiger charge is 2.25. The van der Waals surface area contributed by atoms with Crippen molar-refractivity contribution in [2.75, 3.05) is 18.0 Å². The van der Waals surface area contributed by atoms with E-state index in [0.717, 1.165) is 43.0 Å². The van der Waals surface area contributed by atoms with Gasteiger partial charge in [0.15, 0.2) is 5.65 Å². The SMILES string of the molecule is Cn1cc(C(=O)NC2CCCN(c3nc4cccnc4n3C)C2)cn1. The first kappa shape index (κ1) is 15.6. The van der Waals surface area contributed by atoms with Crippen LogP contribution in [-0.2, 0) is 14.1 Å². The third-order valence-electron chi connectivity index (χ3n) is 4.61. The molecule has 0 saturated carbocycles. The van der Waals surface area contributed by atoms with Gasteiger partial charge in [0.1, 0.15) is 5.52 Å². The number of carbonyl (C=O) groups is 1. The lowest BCUT2D eigenvalue weighted by molar-refractivity contribution is 0.0933. The Bertz CT molecular complexity index is 913. The molecule has 130 valence electrons. The predicted octanol–water partition coefficient (Wildman–Crippen LogP) is 1.10. The summed E-state index contributed by atoms with van der Waals surface area (Å²) in [6.45, 7) is 1.67. The van der Waals surface area contributed by atoms with Crippen LogP contribution in [0, 0.1) is 0 Å². The quantitative estimate of drug-likeness (QED) is 0.773. The summed E-state index contributed by atoms with van der Waals surface area (Å²) in [6.07, 6.45) is 7.07. The highest BCUT2D eigenvalue weighted by molar-refractivity contribution is 5.93. The fourth-order valence-corrected chi connectivity index (χ4v) is 3.38. The molecule has 4 rings (SSSR count). The summed E-state index contributed by atoms with van der Waals surface area (Å²) in [4.78, 5) is 23.7. The van der Waals surface area contributed by atoms with Gasteiger partial charge in [-0.05, 0) is 25.0 Å². The van der Waals surface area contributed by atoms with Crippen molar-refractivity contribution in [1.29, 1.82) is 0 Å². The second-order valence-corrected chi connectivity index (χ2v) is 6.48. The molecule has 8 nitrogen and oxygen atoms in total. The number of piperidine rings is 1. The lowest BCUT2D eigenvalue weighted by Gasteiger charge is -2.33. The van der Waals surface area contributed by atoms with Gasteiger partial charge in [-0.15, -0.1) is 0 Å². The van der Waals surface area contributed by atoms with Gasteiger partial charge in [-0.2, -0.15) is 5.10 Å². The van der Waals surface area contributed by atoms with Crippen molar-refractivity contribution in [3.05, 3.63) is 36.3 Å². The molecule has 0 bridgehead atoms. The van der Waals surface area contributed by atoms with Crippen LogP contribution in [0.25, 0.3) is 11.2 Å². The fourth-order valence-electron chi connectivity index (χ4n) is 3.38. The number of carbonyl (C=O) groups excluding carboxylic acids is 1. The number of aryl methyl sites for hydroxylation is 2. The van der Waals surface area contributed by atoms with Crippen LogP contribution >= 0.6 is 0 Å². The average molecular weight is 339 g/mol. The Morgan fingerprint density at radius 3 is 3.00 bits per heavy atom. The second-order valence-electron chi connectivity index (χ2n) is 6.48. The molecule has 3 aromatic rings. The van der Waals surface area contributed by atoms with Gasteiger partial charge in [0.05, 0.1) is 11.8 Å². The highest BCUT2D eigenvalue weighted by atomic mass is 16.1. The Labute approximate surface area is 145 Å². The van der Waals surface area contributed by atoms with Crippen LogP contribution in [-0.4, -0.2) is 49.4 Å². The molecule has 1 N–H and O–H groups in total. The standard InChI is InChI=1S/C17H21N7O/c1-22-10-12(9-19-22)16(25)20-13-5-4-8-24(11-13)17-21-14-6-3-7-18-15(14)23(17)2/h3,6-7,9-10,13H,4-5,8,11H2,1-2H3,(H,20,25). The molecule has 1 saturated heterocycles. The number of fused-ring (bicyclic) bond motifs is 1. The lowest BCUT2D eigenvalue weighted by Crippen LogP contribution is -2.48. The molecule has 0 spiro atoms. The van der Waals surface area contributed by atoms with Crippen molar-refractivity contribution in [1.82, 2.24) is 29.6 Å². The summed E-state index contributed by atoms with van der Waals surface area (Å²) in [5.41, 5.74) is 2.35. The Morgan fingerprint density at radius 2 is 2.24 bits per heavy atom. The molecule has 3 aromatic heterocycles. The molecule has 1 fully saturated rings. The number of amides is 1. The van der Waals surface area contributed by atoms with Crippen molar-refractivity contribution in [2.24, 2.45) is 14.1 Å². The molecule has 25 heavy (non-hydrogen) atoms. The number of anilines is 1. The molecule has 0 radical (unpaired) electrons.